The van der Waals surface area contributed by atoms with Gasteiger partial charge in [0.15, 0.2) is 5.78 Å². The maximum atomic E-state index is 13.1. The number of ketones is 1. The Labute approximate surface area is 326 Å². The van der Waals surface area contributed by atoms with Crippen LogP contribution in [0.4, 0.5) is 4.79 Å². The summed E-state index contributed by atoms with van der Waals surface area (Å²) in [4.78, 5) is 37.6. The van der Waals surface area contributed by atoms with Gasteiger partial charge in [-0.2, -0.15) is 0 Å². The SMILES string of the molecule is CCO[Si](CCCNC(=O)OCCCC(C)(c1ccc(OC(=O)c2ccc(Cc3ccc(OC)cc3)cc2)cc1)c1ccc(C(C)=O)cc1)(OCC)OCC. The Morgan fingerprint density at radius 3 is 1.71 bits per heavy atom. The second-order valence-electron chi connectivity index (χ2n) is 13.4. The normalized spacial score (nSPS) is 12.4. The molecule has 1 atom stereocenters. The molecule has 0 radical (unpaired) electrons. The van der Waals surface area contributed by atoms with Crippen LogP contribution in [0.15, 0.2) is 97.1 Å². The van der Waals surface area contributed by atoms with E-state index in [4.69, 9.17) is 27.5 Å². The Hall–Kier alpha value is -4.81. The van der Waals surface area contributed by atoms with Crippen molar-refractivity contribution in [3.05, 3.63) is 130 Å². The Bertz CT molecular complexity index is 1780. The van der Waals surface area contributed by atoms with Crippen molar-refractivity contribution in [2.45, 2.75) is 71.8 Å². The van der Waals surface area contributed by atoms with E-state index >= 15 is 0 Å². The molecule has 1 N–H and O–H groups in total. The predicted octanol–water partition coefficient (Wildman–Crippen LogP) is 8.96. The third-order valence-corrected chi connectivity index (χ3v) is 12.6. The van der Waals surface area contributed by atoms with Gasteiger partial charge >= 0.3 is 20.9 Å². The molecule has 0 bridgehead atoms. The van der Waals surface area contributed by atoms with Gasteiger partial charge in [0.1, 0.15) is 11.5 Å². The second kappa shape index (κ2) is 21.3. The molecule has 0 saturated carbocycles. The fourth-order valence-corrected chi connectivity index (χ4v) is 9.07. The highest BCUT2D eigenvalue weighted by atomic mass is 28.4. The number of carbonyl (C=O) groups excluding carboxylic acids is 3. The molecule has 0 heterocycles. The van der Waals surface area contributed by atoms with E-state index in [0.717, 1.165) is 34.4 Å². The molecule has 294 valence electrons. The summed E-state index contributed by atoms with van der Waals surface area (Å²) in [6, 6.07) is 31.0. The van der Waals surface area contributed by atoms with Crippen LogP contribution in [0.1, 0.15) is 96.9 Å². The van der Waals surface area contributed by atoms with Gasteiger partial charge in [-0.3, -0.25) is 4.79 Å². The number of benzene rings is 4. The van der Waals surface area contributed by atoms with E-state index in [-0.39, 0.29) is 12.4 Å². The lowest BCUT2D eigenvalue weighted by molar-refractivity contribution is 0.0704. The Morgan fingerprint density at radius 2 is 1.18 bits per heavy atom. The molecule has 4 aromatic rings. The zero-order valence-electron chi connectivity index (χ0n) is 33.0. The molecule has 0 saturated heterocycles. The van der Waals surface area contributed by atoms with Crippen molar-refractivity contribution in [1.82, 2.24) is 5.32 Å². The van der Waals surface area contributed by atoms with Crippen molar-refractivity contribution in [3.63, 3.8) is 0 Å². The van der Waals surface area contributed by atoms with Crippen LogP contribution < -0.4 is 14.8 Å². The molecule has 0 spiro atoms. The highest BCUT2D eigenvalue weighted by molar-refractivity contribution is 6.60. The standard InChI is InChI=1S/C44H55NO9Si/c1-7-51-55(52-8-2,53-9-3)31-11-29-45-43(48)50-30-10-28-44(5,38-20-18-36(19-21-38)33(4)46)39-22-26-41(27-23-39)54-42(47)37-16-12-34(13-17-37)32-35-14-24-40(49-6)25-15-35/h12-27H,7-11,28-32H2,1-6H3,(H,45,48). The minimum absolute atomic E-state index is 0.00702. The number of ether oxygens (including phenoxy) is 3. The molecule has 10 nitrogen and oxygen atoms in total. The lowest BCUT2D eigenvalue weighted by Gasteiger charge is -2.31. The predicted molar refractivity (Wildman–Crippen MR) is 215 cm³/mol. The van der Waals surface area contributed by atoms with Gasteiger partial charge in [0.05, 0.1) is 19.3 Å². The largest absolute Gasteiger partial charge is 0.500 e. The first-order chi connectivity index (χ1) is 26.5. The zero-order valence-corrected chi connectivity index (χ0v) is 34.0. The summed E-state index contributed by atoms with van der Waals surface area (Å²) in [6.07, 6.45) is 2.12. The molecular weight excluding hydrogens is 715 g/mol. The average molecular weight is 770 g/mol. The van der Waals surface area contributed by atoms with E-state index in [1.807, 2.05) is 93.6 Å². The maximum Gasteiger partial charge on any atom is 0.500 e. The minimum Gasteiger partial charge on any atom is -0.497 e. The molecule has 0 aliphatic rings. The summed E-state index contributed by atoms with van der Waals surface area (Å²) < 4.78 is 34.2. The summed E-state index contributed by atoms with van der Waals surface area (Å²) in [6.45, 7) is 11.6. The van der Waals surface area contributed by atoms with E-state index in [9.17, 15) is 14.4 Å². The smallest absolute Gasteiger partial charge is 0.497 e. The molecule has 0 aromatic heterocycles. The highest BCUT2D eigenvalue weighted by Crippen LogP contribution is 2.37. The number of nitrogens with one attached hydrogen (secondary N) is 1. The number of Topliss-reactive ketones (excluding diaryl/α,β-unsaturated/α-hetero) is 1. The van der Waals surface area contributed by atoms with Crippen LogP contribution in [0.3, 0.4) is 0 Å². The first-order valence-corrected chi connectivity index (χ1v) is 21.0. The van der Waals surface area contributed by atoms with Crippen LogP contribution in [0.2, 0.25) is 6.04 Å². The third kappa shape index (κ3) is 12.6. The summed E-state index contributed by atoms with van der Waals surface area (Å²) in [5.74, 6) is 0.784. The number of esters is 1. The molecule has 55 heavy (non-hydrogen) atoms. The van der Waals surface area contributed by atoms with Gasteiger partial charge in [-0.05, 0) is 112 Å². The quantitative estimate of drug-likeness (QED) is 0.0275. The topological polar surface area (TPSA) is 119 Å². The van der Waals surface area contributed by atoms with Gasteiger partial charge in [-0.15, -0.1) is 0 Å². The van der Waals surface area contributed by atoms with Crippen LogP contribution in [0, 0.1) is 0 Å². The number of methoxy groups -OCH3 is 1. The van der Waals surface area contributed by atoms with Crippen LogP contribution in [0.25, 0.3) is 0 Å². The molecule has 4 rings (SSSR count). The molecule has 0 aliphatic heterocycles. The van der Waals surface area contributed by atoms with Crippen molar-refractivity contribution >= 4 is 26.7 Å². The van der Waals surface area contributed by atoms with Crippen molar-refractivity contribution in [1.29, 1.82) is 0 Å². The number of alkyl carbamates (subject to hydrolysis) is 1. The Kier molecular flexibility index (Phi) is 16.6. The zero-order chi connectivity index (χ0) is 39.7. The van der Waals surface area contributed by atoms with Crippen LogP contribution in [-0.2, 0) is 29.9 Å². The summed E-state index contributed by atoms with van der Waals surface area (Å²) in [5.41, 5.74) is 4.81. The second-order valence-corrected chi connectivity index (χ2v) is 16.1. The molecular formula is C44H55NO9Si. The lowest BCUT2D eigenvalue weighted by Crippen LogP contribution is -2.46. The van der Waals surface area contributed by atoms with Gasteiger partial charge in [-0.25, -0.2) is 9.59 Å². The van der Waals surface area contributed by atoms with E-state index in [0.29, 0.717) is 68.5 Å². The van der Waals surface area contributed by atoms with Crippen molar-refractivity contribution < 1.29 is 41.9 Å². The Morgan fingerprint density at radius 1 is 0.673 bits per heavy atom. The number of amides is 1. The first kappa shape index (κ1) is 42.9. The van der Waals surface area contributed by atoms with Crippen molar-refractivity contribution in [3.8, 4) is 11.5 Å². The maximum absolute atomic E-state index is 13.1. The van der Waals surface area contributed by atoms with Gasteiger partial charge in [0, 0.05) is 43.4 Å². The highest BCUT2D eigenvalue weighted by Gasteiger charge is 2.39. The van der Waals surface area contributed by atoms with E-state index in [1.54, 1.807) is 38.3 Å². The van der Waals surface area contributed by atoms with Gasteiger partial charge in [-0.1, -0.05) is 67.6 Å². The van der Waals surface area contributed by atoms with Gasteiger partial charge < -0.3 is 32.8 Å². The fraction of sp³-hybridized carbons (Fsp3) is 0.386. The fourth-order valence-electron chi connectivity index (χ4n) is 6.46. The number of hydrogen-bond acceptors (Lipinski definition) is 9. The van der Waals surface area contributed by atoms with Crippen LogP contribution >= 0.6 is 0 Å². The summed E-state index contributed by atoms with van der Waals surface area (Å²) >= 11 is 0. The third-order valence-electron chi connectivity index (χ3n) is 9.46. The monoisotopic (exact) mass is 769 g/mol. The minimum atomic E-state index is -2.78. The van der Waals surface area contributed by atoms with E-state index < -0.39 is 26.3 Å². The molecule has 1 unspecified atom stereocenters. The van der Waals surface area contributed by atoms with E-state index in [2.05, 4.69) is 12.2 Å². The summed E-state index contributed by atoms with van der Waals surface area (Å²) in [5, 5.41) is 2.83. The average Bonchev–Trinajstić information content (AvgIpc) is 3.19. The molecule has 0 fully saturated rings. The van der Waals surface area contributed by atoms with Crippen LogP contribution in [0.5, 0.6) is 11.5 Å². The lowest BCUT2D eigenvalue weighted by atomic mass is 9.73. The Balaban J connectivity index is 1.35. The molecule has 1 amide bonds. The van der Waals surface area contributed by atoms with E-state index in [1.165, 1.54) is 0 Å². The van der Waals surface area contributed by atoms with Crippen molar-refractivity contribution in [2.75, 3.05) is 40.1 Å². The summed E-state index contributed by atoms with van der Waals surface area (Å²) in [7, 11) is -1.13. The first-order valence-electron chi connectivity index (χ1n) is 19.0. The number of hydrogen-bond donors (Lipinski definition) is 1. The van der Waals surface area contributed by atoms with Crippen molar-refractivity contribution in [2.24, 2.45) is 0 Å². The van der Waals surface area contributed by atoms with Gasteiger partial charge in [0.25, 0.3) is 0 Å². The van der Waals surface area contributed by atoms with Gasteiger partial charge in [0.2, 0.25) is 0 Å². The van der Waals surface area contributed by atoms with Crippen LogP contribution in [-0.4, -0.2) is 66.7 Å². The number of rotatable bonds is 22. The molecule has 0 aliphatic carbocycles. The molecule has 11 heteroatoms. The molecule has 4 aromatic carbocycles. The number of carbonyl (C=O) groups is 3.